The summed E-state index contributed by atoms with van der Waals surface area (Å²) in [5, 5.41) is 10.1. The third-order valence-corrected chi connectivity index (χ3v) is 11.1. The molecule has 56 heavy (non-hydrogen) atoms. The van der Waals surface area contributed by atoms with Crippen LogP contribution in [0.15, 0.2) is 66.7 Å². The molecule has 0 atom stereocenters. The molecule has 1 N–H and O–H groups in total. The van der Waals surface area contributed by atoms with Crippen LogP contribution in [-0.4, -0.2) is 37.1 Å². The predicted octanol–water partition coefficient (Wildman–Crippen LogP) is 13.1. The van der Waals surface area contributed by atoms with Gasteiger partial charge in [0.2, 0.25) is 0 Å². The zero-order valence-electron chi connectivity index (χ0n) is 36.4. The molecule has 2 heterocycles. The summed E-state index contributed by atoms with van der Waals surface area (Å²) in [7, 11) is 3.23. The van der Waals surface area contributed by atoms with Crippen molar-refractivity contribution in [1.82, 2.24) is 0 Å². The van der Waals surface area contributed by atoms with Gasteiger partial charge in [-0.3, -0.25) is 0 Å². The number of carbonyl (C=O) groups excluding carboxylic acids is 1. The maximum Gasteiger partial charge on any atom is 0.419 e. The molecule has 2 aliphatic heterocycles. The summed E-state index contributed by atoms with van der Waals surface area (Å²) < 4.78 is 16.6. The number of carbonyl (C=O) groups is 2. The van der Waals surface area contributed by atoms with Gasteiger partial charge in [0.05, 0.1) is 37.0 Å². The number of hydrogen-bond acceptors (Lipinski definition) is 5. The zero-order chi connectivity index (χ0) is 41.9. The fraction of sp³-hybridized carbons (Fsp3) is 0.458. The third kappa shape index (κ3) is 7.59. The molecule has 0 saturated carbocycles. The molecule has 8 heteroatoms. The van der Waals surface area contributed by atoms with E-state index in [0.717, 1.165) is 39.3 Å². The largest absolute Gasteiger partial charge is 0.497 e. The minimum atomic E-state index is -0.983. The Labute approximate surface area is 334 Å². The Bertz CT molecular complexity index is 2150. The SMILES string of the molecule is COc1ccc2c(c1)N(C(=O)O)c1ccc(C(C)C)c(C(C)(C)C)c1C2(C)C.COc1ccc2c(c1)N(C(=O)OC(C)(C)C)c1ccc(C(C)C)cc1C2(C)C. The zero-order valence-corrected chi connectivity index (χ0v) is 36.4. The topological polar surface area (TPSA) is 88.5 Å². The van der Waals surface area contributed by atoms with E-state index in [0.29, 0.717) is 29.0 Å². The second kappa shape index (κ2) is 14.8. The second-order valence-corrected chi connectivity index (χ2v) is 18.7. The first-order valence-electron chi connectivity index (χ1n) is 19.6. The highest BCUT2D eigenvalue weighted by atomic mass is 16.6. The molecule has 0 aromatic heterocycles. The molecule has 2 aliphatic rings. The molecular weight excluding hydrogens is 701 g/mol. The number of ether oxygens (including phenoxy) is 3. The lowest BCUT2D eigenvalue weighted by Crippen LogP contribution is -2.39. The first kappa shape index (κ1) is 42.2. The van der Waals surface area contributed by atoms with E-state index in [1.807, 2.05) is 63.2 Å². The summed E-state index contributed by atoms with van der Waals surface area (Å²) in [6, 6.07) is 22.1. The summed E-state index contributed by atoms with van der Waals surface area (Å²) in [4.78, 5) is 28.7. The van der Waals surface area contributed by atoms with Crippen LogP contribution in [0.25, 0.3) is 0 Å². The summed E-state index contributed by atoms with van der Waals surface area (Å²) in [6.45, 7) is 29.8. The van der Waals surface area contributed by atoms with E-state index in [1.54, 1.807) is 19.1 Å². The van der Waals surface area contributed by atoms with Crippen LogP contribution in [0, 0.1) is 0 Å². The lowest BCUT2D eigenvalue weighted by atomic mass is 9.66. The third-order valence-electron chi connectivity index (χ3n) is 11.1. The Morgan fingerprint density at radius 2 is 1.14 bits per heavy atom. The van der Waals surface area contributed by atoms with Crippen molar-refractivity contribution in [3.63, 3.8) is 0 Å². The maximum atomic E-state index is 13.2. The monoisotopic (exact) mass is 762 g/mol. The number of fused-ring (bicyclic) bond motifs is 4. The van der Waals surface area contributed by atoms with E-state index >= 15 is 0 Å². The fourth-order valence-corrected chi connectivity index (χ4v) is 8.28. The van der Waals surface area contributed by atoms with Gasteiger partial charge in [0, 0.05) is 23.0 Å². The Morgan fingerprint density at radius 1 is 0.625 bits per heavy atom. The smallest absolute Gasteiger partial charge is 0.419 e. The molecule has 4 aromatic carbocycles. The lowest BCUT2D eigenvalue weighted by Gasteiger charge is -2.44. The Kier molecular flexibility index (Phi) is 11.2. The molecule has 6 rings (SSSR count). The molecule has 0 bridgehead atoms. The van der Waals surface area contributed by atoms with Crippen molar-refractivity contribution < 1.29 is 28.9 Å². The Morgan fingerprint density at radius 3 is 1.61 bits per heavy atom. The Balaban J connectivity index is 0.000000214. The molecule has 0 unspecified atom stereocenters. The number of hydrogen-bond donors (Lipinski definition) is 1. The van der Waals surface area contributed by atoms with Crippen LogP contribution in [0.4, 0.5) is 32.3 Å². The van der Waals surface area contributed by atoms with Crippen LogP contribution < -0.4 is 19.3 Å². The molecule has 8 nitrogen and oxygen atoms in total. The van der Waals surface area contributed by atoms with Crippen LogP contribution in [0.2, 0.25) is 0 Å². The van der Waals surface area contributed by atoms with E-state index in [2.05, 4.69) is 100 Å². The molecule has 0 spiro atoms. The number of methoxy groups -OCH3 is 2. The number of nitrogens with zero attached hydrogens (tertiary/aromatic N) is 2. The first-order chi connectivity index (χ1) is 25.9. The average molecular weight is 763 g/mol. The summed E-state index contributed by atoms with van der Waals surface area (Å²) in [5.41, 5.74) is 9.89. The van der Waals surface area contributed by atoms with Gasteiger partial charge in [0.25, 0.3) is 0 Å². The van der Waals surface area contributed by atoms with Crippen LogP contribution in [0.5, 0.6) is 11.5 Å². The predicted molar refractivity (Wildman–Crippen MR) is 229 cm³/mol. The summed E-state index contributed by atoms with van der Waals surface area (Å²) >= 11 is 0. The van der Waals surface area contributed by atoms with Crippen LogP contribution in [-0.2, 0) is 21.0 Å². The highest BCUT2D eigenvalue weighted by molar-refractivity contribution is 6.01. The van der Waals surface area contributed by atoms with E-state index in [1.165, 1.54) is 21.6 Å². The van der Waals surface area contributed by atoms with Crippen LogP contribution in [0.3, 0.4) is 0 Å². The number of amides is 2. The van der Waals surface area contributed by atoms with Crippen molar-refractivity contribution >= 4 is 34.9 Å². The van der Waals surface area contributed by atoms with Gasteiger partial charge in [-0.05, 0) is 101 Å². The van der Waals surface area contributed by atoms with Crippen molar-refractivity contribution in [3.05, 3.63) is 106 Å². The van der Waals surface area contributed by atoms with Gasteiger partial charge >= 0.3 is 12.2 Å². The van der Waals surface area contributed by atoms with Crippen molar-refractivity contribution in [2.75, 3.05) is 24.0 Å². The highest BCUT2D eigenvalue weighted by Gasteiger charge is 2.44. The molecule has 4 aromatic rings. The van der Waals surface area contributed by atoms with Gasteiger partial charge in [-0.2, -0.15) is 0 Å². The molecule has 300 valence electrons. The second-order valence-electron chi connectivity index (χ2n) is 18.7. The van der Waals surface area contributed by atoms with Crippen molar-refractivity contribution in [2.24, 2.45) is 0 Å². The van der Waals surface area contributed by atoms with Gasteiger partial charge < -0.3 is 19.3 Å². The van der Waals surface area contributed by atoms with E-state index in [9.17, 15) is 14.7 Å². The van der Waals surface area contributed by atoms with E-state index in [4.69, 9.17) is 14.2 Å². The van der Waals surface area contributed by atoms with Gasteiger partial charge in [-0.25, -0.2) is 19.4 Å². The molecule has 0 aliphatic carbocycles. The number of benzene rings is 4. The Hall–Kier alpha value is -4.98. The highest BCUT2D eigenvalue weighted by Crippen LogP contribution is 2.55. The van der Waals surface area contributed by atoms with Crippen LogP contribution >= 0.6 is 0 Å². The molecule has 2 amide bonds. The molecule has 0 saturated heterocycles. The molecule has 0 fully saturated rings. The van der Waals surface area contributed by atoms with Crippen LogP contribution in [0.1, 0.15) is 148 Å². The quantitative estimate of drug-likeness (QED) is 0.223. The minimum absolute atomic E-state index is 0.115. The van der Waals surface area contributed by atoms with Crippen molar-refractivity contribution in [1.29, 1.82) is 0 Å². The lowest BCUT2D eigenvalue weighted by molar-refractivity contribution is 0.0597. The normalized spacial score (nSPS) is 15.2. The van der Waals surface area contributed by atoms with Gasteiger partial charge in [0.15, 0.2) is 0 Å². The van der Waals surface area contributed by atoms with Gasteiger partial charge in [-0.1, -0.05) is 106 Å². The standard InChI is InChI=1S/2C24H31NO3/c1-15(2)16-9-12-20-19(13-16)24(6,7)18-11-10-17(27-8)14-21(18)25(20)22(26)28-23(3,4)5;1-14(2)16-10-12-18-21(20(16)23(3,4)5)24(6,7)17-11-9-15(28-8)13-19(17)25(18)22(26)27/h9-15H,1-8H3;9-14H,1-8H3,(H,26,27). The van der Waals surface area contributed by atoms with E-state index < -0.39 is 11.7 Å². The summed E-state index contributed by atoms with van der Waals surface area (Å²) in [6.07, 6.45) is -1.36. The maximum absolute atomic E-state index is 13.2. The van der Waals surface area contributed by atoms with Gasteiger partial charge in [0.1, 0.15) is 17.1 Å². The van der Waals surface area contributed by atoms with E-state index in [-0.39, 0.29) is 22.3 Å². The summed E-state index contributed by atoms with van der Waals surface area (Å²) in [5.74, 6) is 2.13. The van der Waals surface area contributed by atoms with Gasteiger partial charge in [-0.15, -0.1) is 0 Å². The minimum Gasteiger partial charge on any atom is -0.497 e. The van der Waals surface area contributed by atoms with Crippen molar-refractivity contribution in [2.45, 2.75) is 131 Å². The number of anilines is 4. The van der Waals surface area contributed by atoms with Crippen molar-refractivity contribution in [3.8, 4) is 11.5 Å². The number of rotatable bonds is 4. The molecule has 0 radical (unpaired) electrons. The number of carboxylic acid groups (broad SMARTS) is 1. The fourth-order valence-electron chi connectivity index (χ4n) is 8.28. The molecular formula is C48H62N2O6. The first-order valence-corrected chi connectivity index (χ1v) is 19.6. The average Bonchev–Trinajstić information content (AvgIpc) is 3.09.